The molecule has 1 saturated carbocycles. The predicted molar refractivity (Wildman–Crippen MR) is 71.7 cm³/mol. The largest absolute Gasteiger partial charge is 0.361 e. The minimum Gasteiger partial charge on any atom is -0.361 e. The van der Waals surface area contributed by atoms with Crippen LogP contribution in [0.2, 0.25) is 0 Å². The van der Waals surface area contributed by atoms with Gasteiger partial charge in [0, 0.05) is 6.04 Å². The Labute approximate surface area is 110 Å². The fraction of sp³-hybridized carbons (Fsp3) is 0.636. The SMILES string of the molecule is Cc1nc(NN)nc(NC2CCCC2C)c1[N+](=O)[O-]. The molecule has 0 bridgehead atoms. The van der Waals surface area contributed by atoms with Crippen LogP contribution >= 0.6 is 0 Å². The standard InChI is InChI=1S/C11H18N6O2/c1-6-4-3-5-8(6)14-10-9(17(18)19)7(2)13-11(15-10)16-12/h6,8H,3-5,12H2,1-2H3,(H2,13,14,15,16). The molecule has 2 atom stereocenters. The zero-order valence-electron chi connectivity index (χ0n) is 11.0. The molecule has 1 aliphatic rings. The van der Waals surface area contributed by atoms with E-state index in [1.54, 1.807) is 6.92 Å². The minimum absolute atomic E-state index is 0.0851. The highest BCUT2D eigenvalue weighted by molar-refractivity contribution is 5.61. The van der Waals surface area contributed by atoms with E-state index in [-0.39, 0.29) is 23.5 Å². The van der Waals surface area contributed by atoms with E-state index in [0.717, 1.165) is 19.3 Å². The highest BCUT2D eigenvalue weighted by atomic mass is 16.6. The van der Waals surface area contributed by atoms with Crippen LogP contribution in [0.25, 0.3) is 0 Å². The summed E-state index contributed by atoms with van der Waals surface area (Å²) in [5, 5.41) is 14.3. The Bertz CT molecular complexity index is 492. The fourth-order valence-corrected chi connectivity index (χ4v) is 2.49. The first-order valence-corrected chi connectivity index (χ1v) is 6.29. The van der Waals surface area contributed by atoms with Gasteiger partial charge in [-0.05, 0) is 25.7 Å². The molecule has 0 amide bonds. The van der Waals surface area contributed by atoms with Gasteiger partial charge in [-0.1, -0.05) is 13.3 Å². The van der Waals surface area contributed by atoms with Gasteiger partial charge in [-0.15, -0.1) is 0 Å². The summed E-state index contributed by atoms with van der Waals surface area (Å²) in [5.41, 5.74) is 2.53. The molecule has 0 radical (unpaired) electrons. The Balaban J connectivity index is 2.35. The molecule has 0 spiro atoms. The summed E-state index contributed by atoms with van der Waals surface area (Å²) in [6.07, 6.45) is 3.24. The molecule has 0 aromatic carbocycles. The van der Waals surface area contributed by atoms with Gasteiger partial charge in [0.05, 0.1) is 4.92 Å². The van der Waals surface area contributed by atoms with Crippen LogP contribution in [0.3, 0.4) is 0 Å². The average molecular weight is 266 g/mol. The Kier molecular flexibility index (Phi) is 3.79. The van der Waals surface area contributed by atoms with Crippen molar-refractivity contribution in [1.82, 2.24) is 9.97 Å². The molecule has 1 fully saturated rings. The van der Waals surface area contributed by atoms with Crippen molar-refractivity contribution in [3.8, 4) is 0 Å². The lowest BCUT2D eigenvalue weighted by atomic mass is 10.1. The van der Waals surface area contributed by atoms with Crippen LogP contribution in [0.1, 0.15) is 31.9 Å². The second kappa shape index (κ2) is 5.35. The van der Waals surface area contributed by atoms with Crippen LogP contribution in [0.15, 0.2) is 0 Å². The molecular formula is C11H18N6O2. The number of nitrogens with one attached hydrogen (secondary N) is 2. The molecule has 2 rings (SSSR count). The molecule has 8 nitrogen and oxygen atoms in total. The molecular weight excluding hydrogens is 248 g/mol. The Morgan fingerprint density at radius 2 is 2.16 bits per heavy atom. The lowest BCUT2D eigenvalue weighted by Gasteiger charge is -2.18. The Morgan fingerprint density at radius 1 is 1.42 bits per heavy atom. The van der Waals surface area contributed by atoms with E-state index in [4.69, 9.17) is 5.84 Å². The lowest BCUT2D eigenvalue weighted by molar-refractivity contribution is -0.385. The number of anilines is 2. The zero-order chi connectivity index (χ0) is 14.0. The summed E-state index contributed by atoms with van der Waals surface area (Å²) >= 11 is 0. The van der Waals surface area contributed by atoms with Crippen molar-refractivity contribution in [2.45, 2.75) is 39.2 Å². The number of nitrogens with two attached hydrogens (primary N) is 1. The zero-order valence-corrected chi connectivity index (χ0v) is 11.0. The monoisotopic (exact) mass is 266 g/mol. The van der Waals surface area contributed by atoms with Gasteiger partial charge in [0.25, 0.3) is 0 Å². The number of nitrogens with zero attached hydrogens (tertiary/aromatic N) is 3. The number of hydrogen-bond donors (Lipinski definition) is 3. The normalized spacial score (nSPS) is 22.3. The lowest BCUT2D eigenvalue weighted by Crippen LogP contribution is -2.24. The van der Waals surface area contributed by atoms with Gasteiger partial charge in [-0.25, -0.2) is 10.8 Å². The summed E-state index contributed by atoms with van der Waals surface area (Å²) in [7, 11) is 0. The summed E-state index contributed by atoms with van der Waals surface area (Å²) in [4.78, 5) is 18.7. The summed E-state index contributed by atoms with van der Waals surface area (Å²) in [5.74, 6) is 6.17. The van der Waals surface area contributed by atoms with Gasteiger partial charge in [0.1, 0.15) is 5.69 Å². The smallest absolute Gasteiger partial charge is 0.332 e. The third-order valence-corrected chi connectivity index (χ3v) is 3.55. The van der Waals surface area contributed by atoms with Gasteiger partial charge < -0.3 is 5.32 Å². The number of nitro groups is 1. The van der Waals surface area contributed by atoms with Crippen LogP contribution in [-0.2, 0) is 0 Å². The van der Waals surface area contributed by atoms with Crippen molar-refractivity contribution < 1.29 is 4.92 Å². The van der Waals surface area contributed by atoms with Crippen LogP contribution < -0.4 is 16.6 Å². The molecule has 1 heterocycles. The Morgan fingerprint density at radius 3 is 2.68 bits per heavy atom. The van der Waals surface area contributed by atoms with Crippen LogP contribution in [-0.4, -0.2) is 20.9 Å². The highest BCUT2D eigenvalue weighted by Crippen LogP contribution is 2.32. The van der Waals surface area contributed by atoms with Crippen molar-refractivity contribution in [1.29, 1.82) is 0 Å². The number of aromatic nitrogens is 2. The number of rotatable bonds is 4. The number of hydrogen-bond acceptors (Lipinski definition) is 7. The van der Waals surface area contributed by atoms with Gasteiger partial charge in [-0.2, -0.15) is 4.98 Å². The number of hydrazine groups is 1. The summed E-state index contributed by atoms with van der Waals surface area (Å²) < 4.78 is 0. The van der Waals surface area contributed by atoms with E-state index in [2.05, 4.69) is 27.6 Å². The van der Waals surface area contributed by atoms with Gasteiger partial charge in [0.15, 0.2) is 0 Å². The van der Waals surface area contributed by atoms with E-state index >= 15 is 0 Å². The molecule has 1 aromatic rings. The maximum Gasteiger partial charge on any atom is 0.332 e. The molecule has 0 saturated heterocycles. The first-order valence-electron chi connectivity index (χ1n) is 6.29. The van der Waals surface area contributed by atoms with Crippen molar-refractivity contribution in [3.05, 3.63) is 15.8 Å². The first-order chi connectivity index (χ1) is 9.02. The van der Waals surface area contributed by atoms with Crippen molar-refractivity contribution >= 4 is 17.5 Å². The molecule has 1 aliphatic carbocycles. The molecule has 1 aromatic heterocycles. The third kappa shape index (κ3) is 2.73. The quantitative estimate of drug-likeness (QED) is 0.430. The highest BCUT2D eigenvalue weighted by Gasteiger charge is 2.28. The number of aryl methyl sites for hydroxylation is 1. The molecule has 19 heavy (non-hydrogen) atoms. The van der Waals surface area contributed by atoms with Crippen LogP contribution in [0.5, 0.6) is 0 Å². The van der Waals surface area contributed by atoms with E-state index in [9.17, 15) is 10.1 Å². The Hall–Kier alpha value is -1.96. The molecule has 104 valence electrons. The minimum atomic E-state index is -0.461. The molecule has 8 heteroatoms. The maximum atomic E-state index is 11.1. The van der Waals surface area contributed by atoms with Gasteiger partial charge in [-0.3, -0.25) is 15.5 Å². The van der Waals surface area contributed by atoms with E-state index in [1.807, 2.05) is 0 Å². The number of nitrogen functional groups attached to an aromatic ring is 1. The summed E-state index contributed by atoms with van der Waals surface area (Å²) in [6, 6.07) is 0.207. The van der Waals surface area contributed by atoms with Crippen molar-refractivity contribution in [3.63, 3.8) is 0 Å². The molecule has 0 aliphatic heterocycles. The van der Waals surface area contributed by atoms with Crippen molar-refractivity contribution in [2.24, 2.45) is 11.8 Å². The second-order valence-corrected chi connectivity index (χ2v) is 4.89. The third-order valence-electron chi connectivity index (χ3n) is 3.55. The fourth-order valence-electron chi connectivity index (χ4n) is 2.49. The second-order valence-electron chi connectivity index (χ2n) is 4.89. The topological polar surface area (TPSA) is 119 Å². The summed E-state index contributed by atoms with van der Waals surface area (Å²) in [6.45, 7) is 3.70. The van der Waals surface area contributed by atoms with Crippen LogP contribution in [0.4, 0.5) is 17.5 Å². The van der Waals surface area contributed by atoms with E-state index < -0.39 is 4.92 Å². The van der Waals surface area contributed by atoms with Crippen molar-refractivity contribution in [2.75, 3.05) is 10.7 Å². The van der Waals surface area contributed by atoms with Gasteiger partial charge in [0.2, 0.25) is 11.8 Å². The van der Waals surface area contributed by atoms with E-state index in [0.29, 0.717) is 11.6 Å². The van der Waals surface area contributed by atoms with Crippen LogP contribution in [0, 0.1) is 23.0 Å². The first kappa shape index (κ1) is 13.5. The van der Waals surface area contributed by atoms with E-state index in [1.165, 1.54) is 0 Å². The predicted octanol–water partition coefficient (Wildman–Crippen LogP) is 1.58. The maximum absolute atomic E-state index is 11.1. The average Bonchev–Trinajstić information content (AvgIpc) is 2.73. The molecule has 2 unspecified atom stereocenters. The molecule has 4 N–H and O–H groups in total. The van der Waals surface area contributed by atoms with Gasteiger partial charge >= 0.3 is 5.69 Å².